The molecule has 0 saturated heterocycles. The Morgan fingerprint density at radius 3 is 1.97 bits per heavy atom. The molecule has 0 fully saturated rings. The molecule has 2 aromatic carbocycles. The van der Waals surface area contributed by atoms with Crippen molar-refractivity contribution in [3.05, 3.63) is 59.7 Å². The van der Waals surface area contributed by atoms with Crippen LogP contribution < -0.4 is 15.4 Å². The molecule has 0 radical (unpaired) electrons. The summed E-state index contributed by atoms with van der Waals surface area (Å²) in [4.78, 5) is 24.1. The number of carbonyl (C=O) groups excluding carboxylic acids is 2. The van der Waals surface area contributed by atoms with Gasteiger partial charge in [-0.05, 0) is 41.8 Å². The molecule has 9 heteroatoms. The van der Waals surface area contributed by atoms with Gasteiger partial charge in [0, 0.05) is 26.2 Å². The van der Waals surface area contributed by atoms with Gasteiger partial charge in [0.1, 0.15) is 5.75 Å². The first-order valence-corrected chi connectivity index (χ1v) is 11.5. The molecule has 2 amide bonds. The molecule has 31 heavy (non-hydrogen) atoms. The second-order valence-corrected chi connectivity index (χ2v) is 8.71. The largest absolute Gasteiger partial charge is 0.497 e. The second-order valence-electron chi connectivity index (χ2n) is 6.77. The highest BCUT2D eigenvalue weighted by molar-refractivity contribution is 7.89. The molecule has 0 aliphatic heterocycles. The van der Waals surface area contributed by atoms with Crippen LogP contribution in [0.1, 0.15) is 25.0 Å². The quantitative estimate of drug-likeness (QED) is 0.540. The third-order valence-corrected chi connectivity index (χ3v) is 6.85. The molecular weight excluding hydrogens is 418 g/mol. The number of sulfonamides is 1. The van der Waals surface area contributed by atoms with Crippen molar-refractivity contribution in [2.75, 3.05) is 26.7 Å². The van der Waals surface area contributed by atoms with Crippen molar-refractivity contribution in [3.63, 3.8) is 0 Å². The number of hydrogen-bond donors (Lipinski definition) is 2. The van der Waals surface area contributed by atoms with Crippen LogP contribution in [-0.2, 0) is 32.6 Å². The Labute approximate surface area is 183 Å². The van der Waals surface area contributed by atoms with Crippen LogP contribution in [-0.4, -0.2) is 51.3 Å². The Kier molecular flexibility index (Phi) is 9.02. The van der Waals surface area contributed by atoms with E-state index in [-0.39, 0.29) is 18.0 Å². The minimum absolute atomic E-state index is 0.235. The van der Waals surface area contributed by atoms with E-state index in [4.69, 9.17) is 4.74 Å². The van der Waals surface area contributed by atoms with Gasteiger partial charge in [0.2, 0.25) is 10.0 Å². The third-order valence-electron chi connectivity index (χ3n) is 4.78. The maximum Gasteiger partial charge on any atom is 0.309 e. The van der Waals surface area contributed by atoms with Gasteiger partial charge >= 0.3 is 11.8 Å². The standard InChI is InChI=1S/C22H29N3O5S/c1-4-25(5-2)31(28,29)20-12-8-17(9-13-20)14-15-23-21(26)22(27)24-16-18-6-10-19(30-3)11-7-18/h6-13H,4-5,14-16H2,1-3H3,(H,23,26)(H,24,27). The van der Waals surface area contributed by atoms with E-state index in [1.54, 1.807) is 69.5 Å². The fraction of sp³-hybridized carbons (Fsp3) is 0.364. The molecule has 0 aliphatic carbocycles. The van der Waals surface area contributed by atoms with Crippen molar-refractivity contribution < 1.29 is 22.7 Å². The normalized spacial score (nSPS) is 11.2. The van der Waals surface area contributed by atoms with Crippen molar-refractivity contribution in [2.45, 2.75) is 31.7 Å². The van der Waals surface area contributed by atoms with Gasteiger partial charge in [-0.3, -0.25) is 9.59 Å². The van der Waals surface area contributed by atoms with Gasteiger partial charge in [-0.1, -0.05) is 38.1 Å². The lowest BCUT2D eigenvalue weighted by molar-refractivity contribution is -0.139. The molecule has 0 heterocycles. The van der Waals surface area contributed by atoms with E-state index in [9.17, 15) is 18.0 Å². The number of rotatable bonds is 10. The number of nitrogens with zero attached hydrogens (tertiary/aromatic N) is 1. The first kappa shape index (κ1) is 24.4. The average molecular weight is 448 g/mol. The van der Waals surface area contributed by atoms with E-state index < -0.39 is 21.8 Å². The zero-order chi connectivity index (χ0) is 22.9. The van der Waals surface area contributed by atoms with Crippen LogP contribution in [0.2, 0.25) is 0 Å². The molecule has 2 aromatic rings. The summed E-state index contributed by atoms with van der Waals surface area (Å²) in [6.45, 7) is 4.91. The number of hydrogen-bond acceptors (Lipinski definition) is 5. The number of benzene rings is 2. The van der Waals surface area contributed by atoms with Crippen molar-refractivity contribution >= 4 is 21.8 Å². The molecule has 2 rings (SSSR count). The molecule has 0 aromatic heterocycles. The monoisotopic (exact) mass is 447 g/mol. The summed E-state index contributed by atoms with van der Waals surface area (Å²) < 4.78 is 31.5. The number of ether oxygens (including phenoxy) is 1. The third kappa shape index (κ3) is 6.80. The lowest BCUT2D eigenvalue weighted by atomic mass is 10.1. The predicted octanol–water partition coefficient (Wildman–Crippen LogP) is 1.70. The van der Waals surface area contributed by atoms with Gasteiger partial charge < -0.3 is 15.4 Å². The predicted molar refractivity (Wildman–Crippen MR) is 118 cm³/mol. The molecule has 0 bridgehead atoms. The molecule has 8 nitrogen and oxygen atoms in total. The van der Waals surface area contributed by atoms with E-state index in [2.05, 4.69) is 10.6 Å². The van der Waals surface area contributed by atoms with Gasteiger partial charge in [-0.15, -0.1) is 0 Å². The zero-order valence-corrected chi connectivity index (χ0v) is 18.9. The second kappa shape index (κ2) is 11.5. The Morgan fingerprint density at radius 2 is 1.42 bits per heavy atom. The van der Waals surface area contributed by atoms with Crippen molar-refractivity contribution in [1.29, 1.82) is 0 Å². The molecule has 0 atom stereocenters. The highest BCUT2D eigenvalue weighted by atomic mass is 32.2. The highest BCUT2D eigenvalue weighted by Gasteiger charge is 2.21. The van der Waals surface area contributed by atoms with Gasteiger partial charge in [0.05, 0.1) is 12.0 Å². The van der Waals surface area contributed by atoms with Crippen LogP contribution in [0.3, 0.4) is 0 Å². The number of carbonyl (C=O) groups is 2. The number of methoxy groups -OCH3 is 1. The summed E-state index contributed by atoms with van der Waals surface area (Å²) in [7, 11) is -1.92. The van der Waals surface area contributed by atoms with E-state index >= 15 is 0 Å². The minimum atomic E-state index is -3.49. The first-order valence-electron chi connectivity index (χ1n) is 10.1. The van der Waals surface area contributed by atoms with Gasteiger partial charge in [-0.2, -0.15) is 4.31 Å². The molecule has 0 saturated carbocycles. The van der Waals surface area contributed by atoms with E-state index in [0.29, 0.717) is 25.3 Å². The maximum absolute atomic E-state index is 12.5. The molecule has 0 unspecified atom stereocenters. The molecule has 168 valence electrons. The van der Waals surface area contributed by atoms with Crippen LogP contribution in [0.4, 0.5) is 0 Å². The molecule has 0 aliphatic rings. The van der Waals surface area contributed by atoms with Crippen molar-refractivity contribution in [2.24, 2.45) is 0 Å². The Hall–Kier alpha value is -2.91. The van der Waals surface area contributed by atoms with Crippen molar-refractivity contribution in [3.8, 4) is 5.75 Å². The summed E-state index contributed by atoms with van der Waals surface area (Å²) in [5.41, 5.74) is 1.71. The van der Waals surface area contributed by atoms with E-state index in [1.165, 1.54) is 4.31 Å². The molecule has 0 spiro atoms. The first-order chi connectivity index (χ1) is 14.8. The minimum Gasteiger partial charge on any atom is -0.497 e. The summed E-state index contributed by atoms with van der Waals surface area (Å²) >= 11 is 0. The Bertz CT molecular complexity index is 969. The fourth-order valence-electron chi connectivity index (χ4n) is 2.95. The summed E-state index contributed by atoms with van der Waals surface area (Å²) in [5, 5.41) is 5.14. The summed E-state index contributed by atoms with van der Waals surface area (Å²) in [6, 6.07) is 13.7. The number of amides is 2. The van der Waals surface area contributed by atoms with Gasteiger partial charge in [0.15, 0.2) is 0 Å². The molecule has 2 N–H and O–H groups in total. The van der Waals surface area contributed by atoms with Crippen LogP contribution in [0.5, 0.6) is 5.75 Å². The Morgan fingerprint density at radius 1 is 0.871 bits per heavy atom. The Balaban J connectivity index is 1.80. The van der Waals surface area contributed by atoms with Gasteiger partial charge in [0.25, 0.3) is 0 Å². The summed E-state index contributed by atoms with van der Waals surface area (Å²) in [6.07, 6.45) is 0.475. The lowest BCUT2D eigenvalue weighted by Crippen LogP contribution is -2.40. The maximum atomic E-state index is 12.5. The summed E-state index contributed by atoms with van der Waals surface area (Å²) in [5.74, 6) is -0.711. The average Bonchev–Trinajstić information content (AvgIpc) is 2.78. The molecular formula is C22H29N3O5S. The van der Waals surface area contributed by atoms with Crippen molar-refractivity contribution in [1.82, 2.24) is 14.9 Å². The van der Waals surface area contributed by atoms with Gasteiger partial charge in [-0.25, -0.2) is 8.42 Å². The van der Waals surface area contributed by atoms with E-state index in [1.807, 2.05) is 0 Å². The van der Waals surface area contributed by atoms with Crippen LogP contribution >= 0.6 is 0 Å². The van der Waals surface area contributed by atoms with Crippen LogP contribution in [0.25, 0.3) is 0 Å². The zero-order valence-electron chi connectivity index (χ0n) is 18.1. The topological polar surface area (TPSA) is 105 Å². The fourth-order valence-corrected chi connectivity index (χ4v) is 4.41. The number of nitrogens with one attached hydrogen (secondary N) is 2. The smallest absolute Gasteiger partial charge is 0.309 e. The van der Waals surface area contributed by atoms with Crippen LogP contribution in [0, 0.1) is 0 Å². The highest BCUT2D eigenvalue weighted by Crippen LogP contribution is 2.16. The SMILES string of the molecule is CCN(CC)S(=O)(=O)c1ccc(CCNC(=O)C(=O)NCc2ccc(OC)cc2)cc1. The van der Waals surface area contributed by atoms with E-state index in [0.717, 1.165) is 11.1 Å². The lowest BCUT2D eigenvalue weighted by Gasteiger charge is -2.18. The van der Waals surface area contributed by atoms with Crippen LogP contribution in [0.15, 0.2) is 53.4 Å².